The largest absolute Gasteiger partial charge is 0.489 e. The predicted molar refractivity (Wildman–Crippen MR) is 106 cm³/mol. The molecule has 0 unspecified atom stereocenters. The molecule has 0 aliphatic rings. The maximum absolute atomic E-state index is 12.0. The molecule has 0 aliphatic carbocycles. The maximum atomic E-state index is 12.0. The van der Waals surface area contributed by atoms with E-state index in [2.05, 4.69) is 0 Å². The number of ether oxygens (including phenoxy) is 1. The van der Waals surface area contributed by atoms with Crippen LogP contribution in [0.2, 0.25) is 0 Å². The highest BCUT2D eigenvalue weighted by molar-refractivity contribution is 5.93. The molecular formula is C23H16O5. The van der Waals surface area contributed by atoms with E-state index in [1.807, 2.05) is 42.5 Å². The van der Waals surface area contributed by atoms with Crippen molar-refractivity contribution in [3.63, 3.8) is 0 Å². The minimum Gasteiger partial charge on any atom is -0.489 e. The number of carboxylic acids is 1. The van der Waals surface area contributed by atoms with Gasteiger partial charge in [0.2, 0.25) is 0 Å². The molecule has 0 spiro atoms. The van der Waals surface area contributed by atoms with E-state index in [4.69, 9.17) is 14.3 Å². The minimum atomic E-state index is -0.966. The van der Waals surface area contributed by atoms with E-state index in [1.54, 1.807) is 18.2 Å². The van der Waals surface area contributed by atoms with Gasteiger partial charge in [0.1, 0.15) is 17.9 Å². The summed E-state index contributed by atoms with van der Waals surface area (Å²) in [6.07, 6.45) is 0. The van der Waals surface area contributed by atoms with Gasteiger partial charge < -0.3 is 14.3 Å². The van der Waals surface area contributed by atoms with E-state index in [-0.39, 0.29) is 12.2 Å². The summed E-state index contributed by atoms with van der Waals surface area (Å²) < 4.78 is 11.1. The average molecular weight is 372 g/mol. The van der Waals surface area contributed by atoms with Crippen molar-refractivity contribution in [2.24, 2.45) is 0 Å². The van der Waals surface area contributed by atoms with Crippen LogP contribution in [-0.2, 0) is 6.61 Å². The molecule has 0 aliphatic heterocycles. The van der Waals surface area contributed by atoms with E-state index in [1.165, 1.54) is 18.2 Å². The van der Waals surface area contributed by atoms with E-state index in [9.17, 15) is 9.59 Å². The summed E-state index contributed by atoms with van der Waals surface area (Å²) >= 11 is 0. The number of carbonyl (C=O) groups is 1. The number of hydrogen-bond donors (Lipinski definition) is 1. The van der Waals surface area contributed by atoms with Crippen LogP contribution in [-0.4, -0.2) is 11.1 Å². The Morgan fingerprint density at radius 1 is 0.929 bits per heavy atom. The molecule has 0 amide bonds. The molecule has 0 bridgehead atoms. The van der Waals surface area contributed by atoms with Crippen LogP contribution in [0.4, 0.5) is 0 Å². The van der Waals surface area contributed by atoms with Gasteiger partial charge in [-0.05, 0) is 41.0 Å². The summed E-state index contributed by atoms with van der Waals surface area (Å²) in [6.45, 7) is 0.272. The molecule has 5 heteroatoms. The third-order valence-electron chi connectivity index (χ3n) is 4.41. The molecule has 0 saturated heterocycles. The Morgan fingerprint density at radius 2 is 1.68 bits per heavy atom. The molecule has 1 heterocycles. The third-order valence-corrected chi connectivity index (χ3v) is 4.41. The van der Waals surface area contributed by atoms with E-state index < -0.39 is 11.6 Å². The quantitative estimate of drug-likeness (QED) is 0.512. The summed E-state index contributed by atoms with van der Waals surface area (Å²) in [5.41, 5.74) is 2.84. The Bertz CT molecular complexity index is 1190. The van der Waals surface area contributed by atoms with Gasteiger partial charge in [0.15, 0.2) is 0 Å². The minimum absolute atomic E-state index is 0.227. The average Bonchev–Trinajstić information content (AvgIpc) is 2.72. The molecule has 4 aromatic rings. The molecule has 0 saturated carbocycles. The number of benzene rings is 3. The van der Waals surface area contributed by atoms with Crippen molar-refractivity contribution in [3.8, 4) is 16.9 Å². The number of fused-ring (bicyclic) bond motifs is 1. The zero-order valence-electron chi connectivity index (χ0n) is 14.8. The first-order valence-electron chi connectivity index (χ1n) is 8.68. The van der Waals surface area contributed by atoms with Crippen molar-refractivity contribution in [1.82, 2.24) is 0 Å². The van der Waals surface area contributed by atoms with Crippen LogP contribution in [0.25, 0.3) is 22.1 Å². The molecule has 1 aromatic heterocycles. The third kappa shape index (κ3) is 3.64. The molecule has 0 atom stereocenters. The van der Waals surface area contributed by atoms with Gasteiger partial charge in [-0.25, -0.2) is 9.59 Å². The molecule has 28 heavy (non-hydrogen) atoms. The number of rotatable bonds is 5. The first-order chi connectivity index (χ1) is 13.6. The van der Waals surface area contributed by atoms with Gasteiger partial charge in [0.25, 0.3) is 0 Å². The second kappa shape index (κ2) is 7.40. The standard InChI is InChI=1S/C23H16O5/c24-22-13-20(16-4-2-1-3-5-16)19-11-10-18(12-21(19)28-22)27-14-15-6-8-17(9-7-15)23(25)26/h1-13H,14H2,(H,25,26). The molecule has 4 rings (SSSR count). The lowest BCUT2D eigenvalue weighted by molar-refractivity contribution is 0.0697. The van der Waals surface area contributed by atoms with E-state index in [0.29, 0.717) is 11.3 Å². The molecule has 3 aromatic carbocycles. The van der Waals surface area contributed by atoms with Crippen LogP contribution in [0.3, 0.4) is 0 Å². The van der Waals surface area contributed by atoms with Gasteiger partial charge in [0.05, 0.1) is 5.56 Å². The van der Waals surface area contributed by atoms with Crippen molar-refractivity contribution in [1.29, 1.82) is 0 Å². The van der Waals surface area contributed by atoms with Crippen LogP contribution in [0.1, 0.15) is 15.9 Å². The van der Waals surface area contributed by atoms with Gasteiger partial charge in [-0.2, -0.15) is 0 Å². The molecular weight excluding hydrogens is 356 g/mol. The first kappa shape index (κ1) is 17.5. The fourth-order valence-electron chi connectivity index (χ4n) is 3.00. The van der Waals surface area contributed by atoms with Crippen LogP contribution >= 0.6 is 0 Å². The normalized spacial score (nSPS) is 10.7. The van der Waals surface area contributed by atoms with Gasteiger partial charge in [-0.1, -0.05) is 42.5 Å². The lowest BCUT2D eigenvalue weighted by Gasteiger charge is -2.09. The number of carboxylic acid groups (broad SMARTS) is 1. The van der Waals surface area contributed by atoms with Crippen LogP contribution in [0, 0.1) is 0 Å². The second-order valence-electron chi connectivity index (χ2n) is 6.29. The van der Waals surface area contributed by atoms with Crippen molar-refractivity contribution in [2.45, 2.75) is 6.61 Å². The lowest BCUT2D eigenvalue weighted by atomic mass is 10.0. The Kier molecular flexibility index (Phi) is 4.64. The number of hydrogen-bond acceptors (Lipinski definition) is 4. The van der Waals surface area contributed by atoms with E-state index >= 15 is 0 Å². The van der Waals surface area contributed by atoms with Crippen LogP contribution in [0.5, 0.6) is 5.75 Å². The van der Waals surface area contributed by atoms with E-state index in [0.717, 1.165) is 22.1 Å². The van der Waals surface area contributed by atoms with Crippen molar-refractivity contribution in [2.75, 3.05) is 0 Å². The van der Waals surface area contributed by atoms with Crippen molar-refractivity contribution >= 4 is 16.9 Å². The first-order valence-corrected chi connectivity index (χ1v) is 8.68. The Morgan fingerprint density at radius 3 is 2.39 bits per heavy atom. The Balaban J connectivity index is 1.61. The highest BCUT2D eigenvalue weighted by atomic mass is 16.5. The lowest BCUT2D eigenvalue weighted by Crippen LogP contribution is -2.00. The molecule has 0 radical (unpaired) electrons. The molecule has 138 valence electrons. The summed E-state index contributed by atoms with van der Waals surface area (Å²) in [6, 6.07) is 23.0. The topological polar surface area (TPSA) is 76.7 Å². The summed E-state index contributed by atoms with van der Waals surface area (Å²) in [5.74, 6) is -0.408. The maximum Gasteiger partial charge on any atom is 0.336 e. The van der Waals surface area contributed by atoms with Crippen molar-refractivity contribution < 1.29 is 19.1 Å². The molecule has 5 nitrogen and oxygen atoms in total. The Labute approximate surface area is 160 Å². The highest BCUT2D eigenvalue weighted by Crippen LogP contribution is 2.29. The van der Waals surface area contributed by atoms with Gasteiger partial charge in [-0.15, -0.1) is 0 Å². The number of aromatic carboxylic acids is 1. The zero-order chi connectivity index (χ0) is 19.5. The summed E-state index contributed by atoms with van der Waals surface area (Å²) in [5, 5.41) is 9.77. The van der Waals surface area contributed by atoms with Crippen LogP contribution < -0.4 is 10.4 Å². The second-order valence-corrected chi connectivity index (χ2v) is 6.29. The van der Waals surface area contributed by atoms with Gasteiger partial charge in [-0.3, -0.25) is 0 Å². The predicted octanol–water partition coefficient (Wildman–Crippen LogP) is 4.74. The Hall–Kier alpha value is -3.86. The highest BCUT2D eigenvalue weighted by Gasteiger charge is 2.09. The molecule has 0 fully saturated rings. The molecule has 1 N–H and O–H groups in total. The van der Waals surface area contributed by atoms with Crippen LogP contribution in [0.15, 0.2) is 88.1 Å². The fourth-order valence-corrected chi connectivity index (χ4v) is 3.00. The fraction of sp³-hybridized carbons (Fsp3) is 0.0435. The summed E-state index contributed by atoms with van der Waals surface area (Å²) in [4.78, 5) is 22.9. The SMILES string of the molecule is O=C(O)c1ccc(COc2ccc3c(-c4ccccc4)cc(=O)oc3c2)cc1. The van der Waals surface area contributed by atoms with Gasteiger partial charge in [0, 0.05) is 17.5 Å². The van der Waals surface area contributed by atoms with Crippen molar-refractivity contribution in [3.05, 3.63) is 100 Å². The summed E-state index contributed by atoms with van der Waals surface area (Å²) in [7, 11) is 0. The zero-order valence-corrected chi connectivity index (χ0v) is 14.8. The smallest absolute Gasteiger partial charge is 0.336 e. The van der Waals surface area contributed by atoms with Gasteiger partial charge >= 0.3 is 11.6 Å². The monoisotopic (exact) mass is 372 g/mol.